The molecule has 0 bridgehead atoms. The number of aromatic amines is 4. The van der Waals surface area contributed by atoms with E-state index >= 15 is 0 Å². The van der Waals surface area contributed by atoms with E-state index < -0.39 is 107 Å². The van der Waals surface area contributed by atoms with Crippen molar-refractivity contribution in [1.82, 2.24) is 76.7 Å². The van der Waals surface area contributed by atoms with Gasteiger partial charge in [0.2, 0.25) is 29.3 Å². The van der Waals surface area contributed by atoms with Crippen molar-refractivity contribution >= 4 is 112 Å². The van der Waals surface area contributed by atoms with Gasteiger partial charge >= 0.3 is 59.0 Å². The SMILES string of the molecule is C[C@@]12CSC(CCCCC(=O)NCCO)[C@]1(C)NC(=O)N2.C[C@@]12CSC(CCCCC(=O)NCCOC(=O)Cn3cc(F)c(=O)[nH]c3=O)[C@]1(C)NC(=O)N2.C[C@@]12CSC(CCCCC(=O)ON3C(=O)CCC3=O)[C@]1(C)NC(=O)N2.NCCO.O=C(O)CCl.O=C(O)Cn1cc(F)c(=O)[nH]c1=O.O=c1[nH]cc(F)c(=O)[nH]1.[2H]CF. The lowest BCUT2D eigenvalue weighted by Crippen LogP contribution is -2.58. The number of hydrogen-bond donors (Lipinski definition) is 17. The number of rotatable bonds is 27. The number of carbonyl (C=O) groups excluding carboxylic acids is 9. The molecule has 7 fully saturated rings. The fourth-order valence-corrected chi connectivity index (χ4v) is 17.6. The van der Waals surface area contributed by atoms with Crippen molar-refractivity contribution in [2.24, 2.45) is 5.73 Å². The largest absolute Gasteiger partial charge is 0.480 e. The minimum absolute atomic E-state index is 0.00462. The summed E-state index contributed by atoms with van der Waals surface area (Å²) < 4.78 is 59.4. The second kappa shape index (κ2) is 45.4. The van der Waals surface area contributed by atoms with E-state index in [0.29, 0.717) is 76.8 Å². The first-order valence-electron chi connectivity index (χ1n) is 35.4. The second-order valence-corrected chi connectivity index (χ2v) is 30.6. The Balaban J connectivity index is 0.000000369. The zero-order valence-corrected chi connectivity index (χ0v) is 65.3. The Morgan fingerprint density at radius 2 is 0.946 bits per heavy atom. The van der Waals surface area contributed by atoms with Crippen LogP contribution in [-0.2, 0) is 61.0 Å². The van der Waals surface area contributed by atoms with Gasteiger partial charge in [-0.3, -0.25) is 76.4 Å². The molecule has 9 atom stereocenters. The molecule has 10 amide bonds. The maximum atomic E-state index is 13.2. The summed E-state index contributed by atoms with van der Waals surface area (Å²) in [6.45, 7) is 12.0. The Morgan fingerprint density at radius 1 is 0.571 bits per heavy atom. The third-order valence-electron chi connectivity index (χ3n) is 18.6. The standard InChI is InChI=1S/C20H28FN5O6S.C16H23N3O5S.C14H25N3O3S.C6H5FN2O4.C4H3FN2O2.C2H3ClO2.C2H7NO.CH3F/c1-19-11-33-13(20(19,2)25-17(30)24-19)5-3-4-6-14(27)22-7-8-32-15(28)10-26-9-12(21)16(29)23-18(26)31;1-15-9-25-10(16(15,2)18-14(23)17-15)5-3-4-6-13(22)24-19-11(20)7-8-12(19)21;1-13-9-21-10(14(13,2)17-12(20)16-13)5-3-4-6-11(19)15-7-8-18;7-3-1-9(2-4(10)11)6(13)8-5(3)12;5-2-1-6-4(9)7-3(2)8;3-1-2(4)5;3-1-2-4;1-2/h9,13H,3-8,10-11H2,1-2H3,(H,22,27)(H,23,29,31)(H2,24,25,30);10H,3-9H2,1-2H3,(H2,17,18,23);10,18H,3-9H2,1-2H3,(H,15,19)(H2,16,17,20);1H,2H2,(H,10,11)(H,8,12,13);1H,(H2,6,7,8,9);1H2,(H,4,5);4H,1-3H2;1H3/t13?,19-,20+;10?,15-,16+;10?,13-,14+;;;;;/m111...../s1/i;;;;;;;1D. The van der Waals surface area contributed by atoms with Crippen LogP contribution in [0.1, 0.15) is 133 Å². The number of carbonyl (C=O) groups is 11. The molecule has 3 unspecified atom stereocenters. The van der Waals surface area contributed by atoms with Crippen molar-refractivity contribution in [1.29, 1.82) is 0 Å². The van der Waals surface area contributed by atoms with Crippen LogP contribution in [0.5, 0.6) is 0 Å². The lowest BCUT2D eigenvalue weighted by molar-refractivity contribution is -0.197. The number of aliphatic carboxylic acids is 2. The number of aliphatic hydroxyl groups is 2. The Hall–Kier alpha value is -9.25. The Bertz CT molecular complexity index is 4170. The van der Waals surface area contributed by atoms with E-state index in [1.165, 1.54) is 0 Å². The molecule has 0 radical (unpaired) electrons. The molecule has 18 N–H and O–H groups in total. The number of carboxylic acids is 2. The summed E-state index contributed by atoms with van der Waals surface area (Å²) in [6, 6.07) is -0.337. The number of urea groups is 3. The van der Waals surface area contributed by atoms with Gasteiger partial charge in [0.25, 0.3) is 28.5 Å². The molecule has 7 aliphatic rings. The smallest absolute Gasteiger partial charge is 0.333 e. The van der Waals surface area contributed by atoms with Gasteiger partial charge in [0.1, 0.15) is 25.6 Å². The lowest BCUT2D eigenvalue weighted by Gasteiger charge is -2.35. The molecule has 0 aliphatic carbocycles. The zero-order valence-electron chi connectivity index (χ0n) is 63.1. The molecule has 7 aliphatic heterocycles. The average Bonchev–Trinajstić information content (AvgIpc) is 1.59. The monoisotopic (exact) mass is 1680 g/mol. The van der Waals surface area contributed by atoms with Crippen molar-refractivity contribution in [2.45, 2.75) is 194 Å². The van der Waals surface area contributed by atoms with E-state index in [2.05, 4.69) is 84.1 Å². The number of halogens is 5. The van der Waals surface area contributed by atoms with Crippen LogP contribution in [-0.4, -0.2) is 239 Å². The Morgan fingerprint density at radius 3 is 1.30 bits per heavy atom. The number of imide groups is 1. The molecule has 3 aromatic heterocycles. The van der Waals surface area contributed by atoms with Gasteiger partial charge < -0.3 is 83.3 Å². The van der Waals surface area contributed by atoms with Crippen LogP contribution in [0, 0.1) is 17.5 Å². The van der Waals surface area contributed by atoms with Gasteiger partial charge in [-0.2, -0.15) is 48.5 Å². The molecule has 7 saturated heterocycles. The van der Waals surface area contributed by atoms with E-state index in [9.17, 15) is 99.1 Å². The minimum Gasteiger partial charge on any atom is -0.480 e. The summed E-state index contributed by atoms with van der Waals surface area (Å²) in [4.78, 5) is 200. The molecule has 0 saturated carbocycles. The normalized spacial score (nSPS) is 24.3. The summed E-state index contributed by atoms with van der Waals surface area (Å²) in [7, 11) is -1.00. The van der Waals surface area contributed by atoms with Crippen LogP contribution in [0.25, 0.3) is 0 Å². The molecule has 3 aromatic rings. The molecule has 628 valence electrons. The fourth-order valence-electron chi connectivity index (χ4n) is 11.9. The molecule has 0 spiro atoms. The zero-order chi connectivity index (χ0) is 85.2. The van der Waals surface area contributed by atoms with Crippen molar-refractivity contribution in [3.63, 3.8) is 0 Å². The number of alkyl halides is 2. The number of carboxylic acid groups (broad SMARTS) is 2. The number of hydroxylamine groups is 2. The summed E-state index contributed by atoms with van der Waals surface area (Å²) >= 11 is 10.3. The van der Waals surface area contributed by atoms with Gasteiger partial charge in [-0.1, -0.05) is 19.3 Å². The van der Waals surface area contributed by atoms with E-state index in [1.54, 1.807) is 15.0 Å². The highest BCUT2D eigenvalue weighted by Gasteiger charge is 2.63. The summed E-state index contributed by atoms with van der Waals surface area (Å²) in [6.07, 6.45) is 10.6. The number of esters is 1. The molecule has 39 nitrogen and oxygen atoms in total. The molecule has 10 rings (SSSR count). The van der Waals surface area contributed by atoms with Gasteiger partial charge in [0, 0.05) is 84.4 Å². The van der Waals surface area contributed by atoms with Crippen LogP contribution in [0.15, 0.2) is 47.4 Å². The molecule has 0 aromatic carbocycles. The fraction of sp³-hybridized carbons (Fsp3) is 0.646. The number of nitrogens with two attached hydrogens (primary N) is 1. The highest BCUT2D eigenvalue weighted by Crippen LogP contribution is 2.49. The van der Waals surface area contributed by atoms with Gasteiger partial charge in [-0.05, 0) is 80.1 Å². The molecular formula is C65H97ClF4N16O23S3. The first-order valence-corrected chi connectivity index (χ1v) is 38.3. The van der Waals surface area contributed by atoms with Crippen LogP contribution >= 0.6 is 46.9 Å². The summed E-state index contributed by atoms with van der Waals surface area (Å²) in [5.74, 6) is -5.79. The maximum absolute atomic E-state index is 13.2. The quantitative estimate of drug-likeness (QED) is 0.0112. The molecule has 47 heteroatoms. The maximum Gasteiger partial charge on any atom is 0.333 e. The van der Waals surface area contributed by atoms with Gasteiger partial charge in [-0.15, -0.1) is 16.7 Å². The predicted octanol–water partition coefficient (Wildman–Crippen LogP) is -0.663. The number of aliphatic hydroxyl groups excluding tert-OH is 2. The van der Waals surface area contributed by atoms with Crippen molar-refractivity contribution in [3.05, 3.63) is 98.6 Å². The summed E-state index contributed by atoms with van der Waals surface area (Å²) in [5.41, 5.74) is -2.66. The highest BCUT2D eigenvalue weighted by atomic mass is 35.5. The topological polar surface area (TPSA) is 588 Å². The van der Waals surface area contributed by atoms with Gasteiger partial charge in [0.15, 0.2) is 0 Å². The number of unbranched alkanes of at least 4 members (excludes halogenated alkanes) is 3. The highest BCUT2D eigenvalue weighted by molar-refractivity contribution is 8.00. The lowest BCUT2D eigenvalue weighted by atomic mass is 9.79. The van der Waals surface area contributed by atoms with Crippen LogP contribution in [0.2, 0.25) is 0 Å². The first kappa shape index (κ1) is 95.1. The number of nitrogens with zero attached hydrogens (tertiary/aromatic N) is 3. The number of thioether (sulfide) groups is 3. The Kier molecular flexibility index (Phi) is 38.6. The van der Waals surface area contributed by atoms with Crippen LogP contribution < -0.4 is 82.0 Å². The predicted molar refractivity (Wildman–Crippen MR) is 400 cm³/mol. The average molecular weight is 1680 g/mol. The van der Waals surface area contributed by atoms with E-state index in [0.717, 1.165) is 62.2 Å². The molecule has 112 heavy (non-hydrogen) atoms. The van der Waals surface area contributed by atoms with Crippen LogP contribution in [0.3, 0.4) is 0 Å². The van der Waals surface area contributed by atoms with Crippen molar-refractivity contribution < 1.29 is 102 Å². The number of aromatic nitrogens is 6. The Labute approximate surface area is 655 Å². The molecule has 10 heterocycles. The van der Waals surface area contributed by atoms with E-state index in [1.807, 2.05) is 40.3 Å². The molecular weight excluding hydrogens is 1580 g/mol. The minimum atomic E-state index is -1.30. The number of H-pyrrole nitrogens is 4. The van der Waals surface area contributed by atoms with Crippen molar-refractivity contribution in [3.8, 4) is 0 Å². The van der Waals surface area contributed by atoms with Crippen molar-refractivity contribution in [2.75, 3.05) is 69.7 Å². The number of amides is 10. The third kappa shape index (κ3) is 28.1. The number of fused-ring (bicyclic) bond motifs is 3. The number of ether oxygens (including phenoxy) is 1. The number of nitrogens with one attached hydrogen (secondary N) is 12. The number of hydrogen-bond acceptors (Lipinski definition) is 25. The third-order valence-corrected chi connectivity index (χ3v) is 24.4. The first-order chi connectivity index (χ1) is 53.0. The summed E-state index contributed by atoms with van der Waals surface area (Å²) in [5, 5.41) is 57.3. The van der Waals surface area contributed by atoms with Gasteiger partial charge in [0.05, 0.1) is 73.9 Å². The van der Waals surface area contributed by atoms with E-state index in [-0.39, 0.29) is 125 Å². The van der Waals surface area contributed by atoms with E-state index in [4.69, 9.17) is 48.7 Å². The second-order valence-electron chi connectivity index (χ2n) is 26.7. The van der Waals surface area contributed by atoms with Crippen LogP contribution in [0.4, 0.5) is 31.9 Å². The van der Waals surface area contributed by atoms with Gasteiger partial charge in [-0.25, -0.2) is 33.6 Å².